The van der Waals surface area contributed by atoms with Gasteiger partial charge in [-0.1, -0.05) is 15.9 Å². The Balaban J connectivity index is 2.64. The number of hydrogen-bond acceptors (Lipinski definition) is 3. The molecule has 0 amide bonds. The van der Waals surface area contributed by atoms with Crippen molar-refractivity contribution in [3.8, 4) is 0 Å². The number of hydrogen-bond donors (Lipinski definition) is 2. The molecular weight excluding hydrogens is 268 g/mol. The van der Waals surface area contributed by atoms with E-state index < -0.39 is 0 Å². The van der Waals surface area contributed by atoms with Gasteiger partial charge in [0.05, 0.1) is 0 Å². The summed E-state index contributed by atoms with van der Waals surface area (Å²) >= 11 is 3.41. The summed E-state index contributed by atoms with van der Waals surface area (Å²) in [6.07, 6.45) is 0.885. The Morgan fingerprint density at radius 2 is 2.00 bits per heavy atom. The Morgan fingerprint density at radius 3 is 2.50 bits per heavy atom. The number of benzene rings is 1. The van der Waals surface area contributed by atoms with E-state index in [1.54, 1.807) is 7.11 Å². The average molecular weight is 287 g/mol. The number of nitrogens with two attached hydrogens (primary N) is 1. The van der Waals surface area contributed by atoms with E-state index in [0.717, 1.165) is 16.6 Å². The summed E-state index contributed by atoms with van der Waals surface area (Å²) in [5, 5.41) is 3.44. The van der Waals surface area contributed by atoms with Gasteiger partial charge in [-0.05, 0) is 37.6 Å². The average Bonchev–Trinajstić information content (AvgIpc) is 2.30. The van der Waals surface area contributed by atoms with E-state index >= 15 is 0 Å². The molecule has 4 heteroatoms. The molecule has 0 heterocycles. The maximum atomic E-state index is 5.80. The van der Waals surface area contributed by atoms with Crippen LogP contribution < -0.4 is 11.1 Å². The molecular formula is C12H19BrN2O. The van der Waals surface area contributed by atoms with Gasteiger partial charge in [0.25, 0.3) is 0 Å². The molecule has 1 rings (SSSR count). The van der Waals surface area contributed by atoms with Crippen LogP contribution in [0.4, 0.5) is 5.69 Å². The van der Waals surface area contributed by atoms with Gasteiger partial charge in [-0.15, -0.1) is 0 Å². The van der Waals surface area contributed by atoms with E-state index in [4.69, 9.17) is 10.5 Å². The zero-order chi connectivity index (χ0) is 12.0. The van der Waals surface area contributed by atoms with Crippen LogP contribution in [0.3, 0.4) is 0 Å². The van der Waals surface area contributed by atoms with Crippen molar-refractivity contribution in [1.29, 1.82) is 0 Å². The molecule has 1 aromatic rings. The largest absolute Gasteiger partial charge is 0.385 e. The van der Waals surface area contributed by atoms with Gasteiger partial charge in [0, 0.05) is 36.0 Å². The molecule has 16 heavy (non-hydrogen) atoms. The molecule has 0 aliphatic carbocycles. The number of nitrogens with one attached hydrogen (secondary N) is 1. The second kappa shape index (κ2) is 6.23. The summed E-state index contributed by atoms with van der Waals surface area (Å²) in [6.45, 7) is 3.39. The fourth-order valence-corrected chi connectivity index (χ4v) is 1.69. The van der Waals surface area contributed by atoms with Gasteiger partial charge in [-0.25, -0.2) is 0 Å². The Bertz CT molecular complexity index is 315. The van der Waals surface area contributed by atoms with Gasteiger partial charge in [0.15, 0.2) is 0 Å². The quantitative estimate of drug-likeness (QED) is 0.845. The fraction of sp³-hybridized carbons (Fsp3) is 0.500. The standard InChI is InChI=1S/C12H19BrN2O/c1-12(9-14,7-8-16-2)15-11-5-3-10(13)4-6-11/h3-6,15H,7-9,14H2,1-2H3. The summed E-state index contributed by atoms with van der Waals surface area (Å²) in [6, 6.07) is 8.08. The SMILES string of the molecule is COCCC(C)(CN)Nc1ccc(Br)cc1. The molecule has 0 saturated carbocycles. The van der Waals surface area contributed by atoms with E-state index in [1.807, 2.05) is 24.3 Å². The van der Waals surface area contributed by atoms with Crippen molar-refractivity contribution in [3.05, 3.63) is 28.7 Å². The van der Waals surface area contributed by atoms with Gasteiger partial charge in [0.1, 0.15) is 0 Å². The summed E-state index contributed by atoms with van der Waals surface area (Å²) < 4.78 is 6.17. The molecule has 0 spiro atoms. The highest BCUT2D eigenvalue weighted by Crippen LogP contribution is 2.20. The topological polar surface area (TPSA) is 47.3 Å². The highest BCUT2D eigenvalue weighted by molar-refractivity contribution is 9.10. The summed E-state index contributed by atoms with van der Waals surface area (Å²) in [5.41, 5.74) is 6.75. The first kappa shape index (κ1) is 13.5. The van der Waals surface area contributed by atoms with Crippen molar-refractivity contribution in [3.63, 3.8) is 0 Å². The lowest BCUT2D eigenvalue weighted by Crippen LogP contribution is -2.43. The van der Waals surface area contributed by atoms with Gasteiger partial charge in [-0.3, -0.25) is 0 Å². The highest BCUT2D eigenvalue weighted by atomic mass is 79.9. The molecule has 0 saturated heterocycles. The van der Waals surface area contributed by atoms with Gasteiger partial charge < -0.3 is 15.8 Å². The third-order valence-corrected chi connectivity index (χ3v) is 3.13. The first-order chi connectivity index (χ1) is 7.59. The van der Waals surface area contributed by atoms with Crippen LogP contribution in [-0.4, -0.2) is 25.8 Å². The van der Waals surface area contributed by atoms with Crippen molar-refractivity contribution in [2.75, 3.05) is 25.6 Å². The van der Waals surface area contributed by atoms with Crippen molar-refractivity contribution in [1.82, 2.24) is 0 Å². The fourth-order valence-electron chi connectivity index (χ4n) is 1.42. The Morgan fingerprint density at radius 1 is 1.38 bits per heavy atom. The minimum Gasteiger partial charge on any atom is -0.385 e. The smallest absolute Gasteiger partial charge is 0.0489 e. The Labute approximate surface area is 105 Å². The van der Waals surface area contributed by atoms with E-state index in [-0.39, 0.29) is 5.54 Å². The molecule has 1 aromatic carbocycles. The molecule has 3 N–H and O–H groups in total. The first-order valence-corrected chi connectivity index (χ1v) is 6.12. The monoisotopic (exact) mass is 286 g/mol. The van der Waals surface area contributed by atoms with Gasteiger partial charge >= 0.3 is 0 Å². The third-order valence-electron chi connectivity index (χ3n) is 2.60. The van der Waals surface area contributed by atoms with Crippen molar-refractivity contribution >= 4 is 21.6 Å². The van der Waals surface area contributed by atoms with Crippen LogP contribution in [0.5, 0.6) is 0 Å². The van der Waals surface area contributed by atoms with E-state index in [9.17, 15) is 0 Å². The van der Waals surface area contributed by atoms with Crippen LogP contribution in [0, 0.1) is 0 Å². The number of anilines is 1. The number of rotatable bonds is 6. The zero-order valence-corrected chi connectivity index (χ0v) is 11.4. The lowest BCUT2D eigenvalue weighted by atomic mass is 9.98. The lowest BCUT2D eigenvalue weighted by molar-refractivity contribution is 0.177. The molecule has 0 aromatic heterocycles. The molecule has 0 fully saturated rings. The molecule has 90 valence electrons. The molecule has 1 unspecified atom stereocenters. The van der Waals surface area contributed by atoms with Gasteiger partial charge in [0.2, 0.25) is 0 Å². The van der Waals surface area contributed by atoms with Crippen molar-refractivity contribution in [2.24, 2.45) is 5.73 Å². The Kier molecular flexibility index (Phi) is 5.25. The predicted octanol–water partition coefficient (Wildman–Crippen LogP) is 2.61. The predicted molar refractivity (Wildman–Crippen MR) is 71.7 cm³/mol. The van der Waals surface area contributed by atoms with E-state index in [2.05, 4.69) is 28.2 Å². The maximum Gasteiger partial charge on any atom is 0.0489 e. The third kappa shape index (κ3) is 4.12. The minimum atomic E-state index is -0.121. The van der Waals surface area contributed by atoms with Crippen molar-refractivity contribution in [2.45, 2.75) is 18.9 Å². The number of ether oxygens (including phenoxy) is 1. The van der Waals surface area contributed by atoms with Crippen LogP contribution >= 0.6 is 15.9 Å². The maximum absolute atomic E-state index is 5.80. The Hall–Kier alpha value is -0.580. The molecule has 0 radical (unpaired) electrons. The molecule has 3 nitrogen and oxygen atoms in total. The molecule has 0 aliphatic heterocycles. The van der Waals surface area contributed by atoms with E-state index in [1.165, 1.54) is 0 Å². The summed E-state index contributed by atoms with van der Waals surface area (Å²) in [4.78, 5) is 0. The van der Waals surface area contributed by atoms with Crippen LogP contribution in [0.15, 0.2) is 28.7 Å². The van der Waals surface area contributed by atoms with E-state index in [0.29, 0.717) is 13.2 Å². The van der Waals surface area contributed by atoms with Crippen LogP contribution in [0.2, 0.25) is 0 Å². The second-order valence-electron chi connectivity index (χ2n) is 4.14. The van der Waals surface area contributed by atoms with Crippen LogP contribution in [-0.2, 0) is 4.74 Å². The normalized spacial score (nSPS) is 14.5. The number of halogens is 1. The minimum absolute atomic E-state index is 0.121. The molecule has 0 aliphatic rings. The van der Waals surface area contributed by atoms with Gasteiger partial charge in [-0.2, -0.15) is 0 Å². The molecule has 1 atom stereocenters. The summed E-state index contributed by atoms with van der Waals surface area (Å²) in [5.74, 6) is 0. The zero-order valence-electron chi connectivity index (χ0n) is 9.79. The second-order valence-corrected chi connectivity index (χ2v) is 5.06. The lowest BCUT2D eigenvalue weighted by Gasteiger charge is -2.30. The first-order valence-electron chi connectivity index (χ1n) is 5.32. The van der Waals surface area contributed by atoms with Crippen molar-refractivity contribution < 1.29 is 4.74 Å². The number of methoxy groups -OCH3 is 1. The summed E-state index contributed by atoms with van der Waals surface area (Å²) in [7, 11) is 1.70. The highest BCUT2D eigenvalue weighted by Gasteiger charge is 2.21. The van der Waals surface area contributed by atoms with Crippen LogP contribution in [0.1, 0.15) is 13.3 Å². The molecule has 0 bridgehead atoms. The van der Waals surface area contributed by atoms with Crippen LogP contribution in [0.25, 0.3) is 0 Å².